The van der Waals surface area contributed by atoms with E-state index in [0.717, 1.165) is 5.70 Å². The summed E-state index contributed by atoms with van der Waals surface area (Å²) in [6.45, 7) is 11.2. The molecule has 2 aliphatic rings. The minimum absolute atomic E-state index is 0. The third kappa shape index (κ3) is 7.03. The van der Waals surface area contributed by atoms with E-state index >= 15 is 0 Å². The van der Waals surface area contributed by atoms with E-state index in [2.05, 4.69) is 22.7 Å². The third-order valence-electron chi connectivity index (χ3n) is 3.77. The molecule has 0 aromatic heterocycles. The van der Waals surface area contributed by atoms with Crippen LogP contribution in [0.2, 0.25) is 0 Å². The number of ether oxygens (including phenoxy) is 2. The first-order valence-electron chi connectivity index (χ1n) is 9.33. The number of hydrogen-bond donors (Lipinski definition) is 5. The number of hydroxylamine groups is 1. The third-order valence-corrected chi connectivity index (χ3v) is 3.77. The number of carbonyl (C=O) groups is 1. The van der Waals surface area contributed by atoms with Crippen molar-refractivity contribution in [2.24, 2.45) is 0 Å². The van der Waals surface area contributed by atoms with Crippen LogP contribution in [-0.4, -0.2) is 35.1 Å². The molecule has 1 amide bonds. The van der Waals surface area contributed by atoms with Crippen molar-refractivity contribution in [1.29, 1.82) is 0 Å². The van der Waals surface area contributed by atoms with Crippen LogP contribution in [0, 0.1) is 0 Å². The van der Waals surface area contributed by atoms with E-state index in [9.17, 15) is 15.1 Å². The van der Waals surface area contributed by atoms with Gasteiger partial charge in [-0.3, -0.25) is 15.5 Å². The second kappa shape index (κ2) is 11.8. The lowest BCUT2D eigenvalue weighted by Crippen LogP contribution is -2.34. The molecule has 158 valence electrons. The van der Waals surface area contributed by atoms with Gasteiger partial charge in [0.25, 0.3) is 0 Å². The molecular weight excluding hydrogens is 362 g/mol. The number of amides is 1. The molecule has 1 heterocycles. The van der Waals surface area contributed by atoms with Crippen LogP contribution >= 0.6 is 0 Å². The second-order valence-electron chi connectivity index (χ2n) is 6.04. The van der Waals surface area contributed by atoms with E-state index in [1.807, 2.05) is 20.8 Å². The van der Waals surface area contributed by atoms with Crippen LogP contribution in [0.15, 0.2) is 59.6 Å². The Kier molecular flexibility index (Phi) is 9.73. The number of allylic oxidation sites excluding steroid dienone is 6. The minimum atomic E-state index is -0.604. The van der Waals surface area contributed by atoms with Gasteiger partial charge in [0.2, 0.25) is 12.1 Å². The van der Waals surface area contributed by atoms with Crippen molar-refractivity contribution in [1.82, 2.24) is 16.1 Å². The fourth-order valence-electron chi connectivity index (χ4n) is 2.53. The van der Waals surface area contributed by atoms with Crippen molar-refractivity contribution in [3.8, 4) is 0 Å². The molecule has 0 saturated heterocycles. The molecule has 0 fully saturated rings. The van der Waals surface area contributed by atoms with Crippen LogP contribution < -0.4 is 16.1 Å². The quantitative estimate of drug-likeness (QED) is 0.244. The van der Waals surface area contributed by atoms with Crippen molar-refractivity contribution in [2.75, 3.05) is 6.61 Å². The fraction of sp³-hybridized carbons (Fsp3) is 0.450. The summed E-state index contributed by atoms with van der Waals surface area (Å²) in [5.41, 5.74) is 3.35. The molecule has 0 aromatic carbocycles. The Labute approximate surface area is 167 Å². The Hall–Kier alpha value is -2.87. The molecule has 1 aliphatic carbocycles. The summed E-state index contributed by atoms with van der Waals surface area (Å²) < 4.78 is 11.3. The zero-order valence-electron chi connectivity index (χ0n) is 16.9. The van der Waals surface area contributed by atoms with Crippen LogP contribution in [0.3, 0.4) is 0 Å². The largest absolute Gasteiger partial charge is 0.512 e. The number of rotatable bonds is 8. The molecule has 8 nitrogen and oxygen atoms in total. The van der Waals surface area contributed by atoms with Crippen LogP contribution in [0.4, 0.5) is 0 Å². The van der Waals surface area contributed by atoms with E-state index in [0.29, 0.717) is 30.1 Å². The van der Waals surface area contributed by atoms with E-state index in [1.54, 1.807) is 18.2 Å². The zero-order chi connectivity index (χ0) is 21.1. The average molecular weight is 396 g/mol. The second-order valence-corrected chi connectivity index (χ2v) is 6.04. The van der Waals surface area contributed by atoms with Crippen molar-refractivity contribution in [3.05, 3.63) is 59.6 Å². The fourth-order valence-corrected chi connectivity index (χ4v) is 2.53. The van der Waals surface area contributed by atoms with Gasteiger partial charge in [0, 0.05) is 20.8 Å². The maximum Gasteiger partial charge on any atom is 0.217 e. The molecular formula is C20H33N3O5. The first-order chi connectivity index (χ1) is 13.4. The molecule has 1 aliphatic heterocycles. The maximum atomic E-state index is 11.0. The highest BCUT2D eigenvalue weighted by Crippen LogP contribution is 2.29. The van der Waals surface area contributed by atoms with Crippen LogP contribution in [-0.2, 0) is 14.3 Å². The smallest absolute Gasteiger partial charge is 0.217 e. The Morgan fingerprint density at radius 2 is 2.21 bits per heavy atom. The number of carbonyl (C=O) groups excluding carboxylic acids is 1. The number of aliphatic hydroxyl groups is 1. The molecule has 0 radical (unpaired) electrons. The van der Waals surface area contributed by atoms with E-state index in [-0.39, 0.29) is 25.7 Å². The Morgan fingerprint density at radius 1 is 1.50 bits per heavy atom. The summed E-state index contributed by atoms with van der Waals surface area (Å²) in [4.78, 5) is 11.0. The minimum Gasteiger partial charge on any atom is -0.512 e. The highest BCUT2D eigenvalue weighted by molar-refractivity contribution is 5.73. The van der Waals surface area contributed by atoms with Crippen LogP contribution in [0.1, 0.15) is 42.0 Å². The number of aliphatic hydroxyl groups excluding tert-OH is 1. The van der Waals surface area contributed by atoms with E-state index in [4.69, 9.17) is 9.47 Å². The SMILES string of the molecule is C=C/C(=C\C=C(/NO)C1NC2=C(C=C(O)CC2)O1)OC[C@H](C)NC(C)=O.CC.[HH]. The summed E-state index contributed by atoms with van der Waals surface area (Å²) in [6, 6.07) is -0.148. The topological polar surface area (TPSA) is 112 Å². The summed E-state index contributed by atoms with van der Waals surface area (Å²) in [7, 11) is 0. The lowest BCUT2D eigenvalue weighted by molar-refractivity contribution is -0.119. The molecule has 0 aromatic rings. The van der Waals surface area contributed by atoms with Gasteiger partial charge in [-0.05, 0) is 31.6 Å². The summed E-state index contributed by atoms with van der Waals surface area (Å²) in [5.74, 6) is 1.18. The van der Waals surface area contributed by atoms with Gasteiger partial charge in [0.05, 0.1) is 23.2 Å². The van der Waals surface area contributed by atoms with Crippen molar-refractivity contribution in [3.63, 3.8) is 0 Å². The van der Waals surface area contributed by atoms with Gasteiger partial charge in [-0.15, -0.1) is 0 Å². The summed E-state index contributed by atoms with van der Waals surface area (Å²) in [6.07, 6.45) is 6.91. The zero-order valence-corrected chi connectivity index (χ0v) is 16.9. The van der Waals surface area contributed by atoms with E-state index in [1.165, 1.54) is 13.0 Å². The molecule has 0 bridgehead atoms. The first kappa shape index (κ1) is 23.2. The highest BCUT2D eigenvalue weighted by Gasteiger charge is 2.28. The van der Waals surface area contributed by atoms with Crippen molar-refractivity contribution in [2.45, 2.75) is 52.8 Å². The van der Waals surface area contributed by atoms with Gasteiger partial charge in [0.15, 0.2) is 0 Å². The van der Waals surface area contributed by atoms with Gasteiger partial charge >= 0.3 is 0 Å². The maximum absolute atomic E-state index is 11.0. The lowest BCUT2D eigenvalue weighted by atomic mass is 10.1. The normalized spacial score (nSPS) is 19.8. The average Bonchev–Trinajstić information content (AvgIpc) is 3.08. The standard InChI is InChI=1S/C18H25N3O5.C2H6.H2/c1-4-14(25-10-11(2)19-12(3)22)6-8-16(21-24)18-20-15-7-5-13(23)9-17(15)26-18;1-2;/h4,6,8-9,11,18,20-21,23-24H,1,5,7,10H2,2-3H3,(H,19,22);1-2H3;1H/b14-6+,16-8-;;/t11-,18?;;/m0../s1. The van der Waals surface area contributed by atoms with Crippen molar-refractivity contribution < 1.29 is 26.0 Å². The predicted octanol–water partition coefficient (Wildman–Crippen LogP) is 3.13. The molecule has 28 heavy (non-hydrogen) atoms. The molecule has 2 rings (SSSR count). The van der Waals surface area contributed by atoms with Crippen LogP contribution in [0.25, 0.3) is 0 Å². The predicted molar refractivity (Wildman–Crippen MR) is 109 cm³/mol. The molecule has 5 N–H and O–H groups in total. The Bertz CT molecular complexity index is 686. The summed E-state index contributed by atoms with van der Waals surface area (Å²) in [5, 5.41) is 24.9. The molecule has 0 saturated carbocycles. The van der Waals surface area contributed by atoms with Crippen LogP contribution in [0.5, 0.6) is 0 Å². The van der Waals surface area contributed by atoms with Gasteiger partial charge < -0.3 is 25.2 Å². The number of nitrogens with one attached hydrogen (secondary N) is 3. The summed E-state index contributed by atoms with van der Waals surface area (Å²) >= 11 is 0. The first-order valence-corrected chi connectivity index (χ1v) is 9.33. The number of hydrogen-bond acceptors (Lipinski definition) is 7. The lowest BCUT2D eigenvalue weighted by Gasteiger charge is -2.16. The highest BCUT2D eigenvalue weighted by atomic mass is 16.5. The molecule has 0 spiro atoms. The van der Waals surface area contributed by atoms with Gasteiger partial charge in [-0.25, -0.2) is 0 Å². The van der Waals surface area contributed by atoms with Gasteiger partial charge in [-0.1, -0.05) is 20.4 Å². The Balaban J connectivity index is 0.00000253. The monoisotopic (exact) mass is 395 g/mol. The van der Waals surface area contributed by atoms with E-state index < -0.39 is 6.23 Å². The molecule has 8 heteroatoms. The molecule has 1 unspecified atom stereocenters. The van der Waals surface area contributed by atoms with Gasteiger partial charge in [0.1, 0.15) is 18.1 Å². The molecule has 2 atom stereocenters. The Morgan fingerprint density at radius 3 is 2.82 bits per heavy atom. The van der Waals surface area contributed by atoms with Crippen molar-refractivity contribution >= 4 is 5.91 Å². The van der Waals surface area contributed by atoms with Gasteiger partial charge in [-0.2, -0.15) is 0 Å².